The standard InChI is InChI=1S/C21H20N4O7S/c1-11(26)31-9-13-10-33-20-17(19(28)25(20)18(13)21(29)30)23-15(27)8-14-22-16(32-24-14)7-12-5-3-2-4-6-12/h2-6,17,20H,7-10H2,1H3,(H,23,27)(H,29,30)/t17-,20-/m1/s1. The zero-order valence-corrected chi connectivity index (χ0v) is 18.3. The van der Waals surface area contributed by atoms with E-state index >= 15 is 0 Å². The highest BCUT2D eigenvalue weighted by atomic mass is 32.2. The van der Waals surface area contributed by atoms with Crippen LogP contribution in [0.25, 0.3) is 0 Å². The van der Waals surface area contributed by atoms with Gasteiger partial charge in [0.2, 0.25) is 11.8 Å². The van der Waals surface area contributed by atoms with Crippen LogP contribution in [-0.4, -0.2) is 67.7 Å². The van der Waals surface area contributed by atoms with E-state index in [1.807, 2.05) is 30.3 Å². The van der Waals surface area contributed by atoms with E-state index < -0.39 is 35.2 Å². The second-order valence-corrected chi connectivity index (χ2v) is 8.54. The van der Waals surface area contributed by atoms with Gasteiger partial charge in [0.15, 0.2) is 5.82 Å². The van der Waals surface area contributed by atoms with Crippen LogP contribution in [0.1, 0.15) is 24.2 Å². The molecule has 0 spiro atoms. The van der Waals surface area contributed by atoms with Crippen molar-refractivity contribution < 1.29 is 33.5 Å². The van der Waals surface area contributed by atoms with Gasteiger partial charge < -0.3 is 19.7 Å². The van der Waals surface area contributed by atoms with Crippen LogP contribution in [0.2, 0.25) is 0 Å². The van der Waals surface area contributed by atoms with E-state index in [1.165, 1.54) is 18.7 Å². The normalized spacial score (nSPS) is 19.5. The van der Waals surface area contributed by atoms with E-state index in [0.717, 1.165) is 10.5 Å². The van der Waals surface area contributed by atoms with Crippen molar-refractivity contribution in [3.05, 3.63) is 58.9 Å². The Balaban J connectivity index is 1.36. The van der Waals surface area contributed by atoms with Gasteiger partial charge in [-0.1, -0.05) is 35.5 Å². The van der Waals surface area contributed by atoms with E-state index in [4.69, 9.17) is 9.26 Å². The number of fused-ring (bicyclic) bond motifs is 1. The molecule has 2 aromatic rings. The second kappa shape index (κ2) is 9.45. The number of esters is 1. The number of carboxylic acid groups (broad SMARTS) is 1. The van der Waals surface area contributed by atoms with Crippen LogP contribution in [0.15, 0.2) is 46.1 Å². The number of hydrogen-bond acceptors (Lipinski definition) is 9. The van der Waals surface area contributed by atoms with E-state index in [0.29, 0.717) is 17.9 Å². The number of β-lactam (4-membered cyclic amide) rings is 1. The Morgan fingerprint density at radius 2 is 2.06 bits per heavy atom. The average Bonchev–Trinajstić information content (AvgIpc) is 3.22. The number of ether oxygens (including phenoxy) is 1. The van der Waals surface area contributed by atoms with Crippen LogP contribution in [0, 0.1) is 0 Å². The van der Waals surface area contributed by atoms with Crippen molar-refractivity contribution in [2.45, 2.75) is 31.2 Å². The Bertz CT molecular complexity index is 1130. The smallest absolute Gasteiger partial charge is 0.352 e. The summed E-state index contributed by atoms with van der Waals surface area (Å²) in [6.07, 6.45) is 0.253. The summed E-state index contributed by atoms with van der Waals surface area (Å²) in [5.41, 5.74) is 1.11. The van der Waals surface area contributed by atoms with Crippen molar-refractivity contribution in [3.63, 3.8) is 0 Å². The zero-order chi connectivity index (χ0) is 23.5. The number of carboxylic acids is 1. The largest absolute Gasteiger partial charge is 0.477 e. The van der Waals surface area contributed by atoms with Gasteiger partial charge in [0.05, 0.1) is 12.8 Å². The number of thioether (sulfide) groups is 1. The summed E-state index contributed by atoms with van der Waals surface area (Å²) in [7, 11) is 0. The number of carbonyl (C=O) groups is 4. The highest BCUT2D eigenvalue weighted by Crippen LogP contribution is 2.40. The summed E-state index contributed by atoms with van der Waals surface area (Å²) in [5.74, 6) is -2.05. The maximum absolute atomic E-state index is 12.6. The molecule has 2 aliphatic heterocycles. The van der Waals surface area contributed by atoms with Crippen LogP contribution in [0.3, 0.4) is 0 Å². The number of nitrogens with zero attached hydrogens (tertiary/aromatic N) is 3. The summed E-state index contributed by atoms with van der Waals surface area (Å²) < 4.78 is 10.1. The third-order valence-corrected chi connectivity index (χ3v) is 6.38. The number of aliphatic carboxylic acids is 1. The van der Waals surface area contributed by atoms with Gasteiger partial charge in [-0.05, 0) is 5.56 Å². The van der Waals surface area contributed by atoms with Crippen LogP contribution >= 0.6 is 11.8 Å². The molecule has 11 nitrogen and oxygen atoms in total. The van der Waals surface area contributed by atoms with Crippen molar-refractivity contribution in [3.8, 4) is 0 Å². The molecular weight excluding hydrogens is 452 g/mol. The maximum atomic E-state index is 12.6. The number of nitrogens with one attached hydrogen (secondary N) is 1. The molecule has 0 aliphatic carbocycles. The van der Waals surface area contributed by atoms with Crippen molar-refractivity contribution in [1.82, 2.24) is 20.4 Å². The topological polar surface area (TPSA) is 152 Å². The van der Waals surface area contributed by atoms with Crippen LogP contribution in [0.4, 0.5) is 0 Å². The molecule has 0 bridgehead atoms. The van der Waals surface area contributed by atoms with Gasteiger partial charge in [0.25, 0.3) is 5.91 Å². The zero-order valence-electron chi connectivity index (χ0n) is 17.5. The van der Waals surface area contributed by atoms with E-state index in [9.17, 15) is 24.3 Å². The molecule has 2 atom stereocenters. The van der Waals surface area contributed by atoms with Gasteiger partial charge in [-0.3, -0.25) is 19.3 Å². The highest BCUT2D eigenvalue weighted by molar-refractivity contribution is 8.00. The summed E-state index contributed by atoms with van der Waals surface area (Å²) in [6.45, 7) is 1.01. The lowest BCUT2D eigenvalue weighted by Crippen LogP contribution is -2.70. The van der Waals surface area contributed by atoms with Crippen LogP contribution < -0.4 is 5.32 Å². The minimum Gasteiger partial charge on any atom is -0.477 e. The molecule has 0 unspecified atom stereocenters. The summed E-state index contributed by atoms with van der Waals surface area (Å²) in [4.78, 5) is 53.2. The SMILES string of the molecule is CC(=O)OCC1=C(C(=O)O)N2C(=O)[C@@H](NC(=O)Cc3noc(Cc4ccccc4)n3)[C@H]2SC1. The average molecular weight is 472 g/mol. The van der Waals surface area contributed by atoms with Gasteiger partial charge in [0, 0.05) is 18.2 Å². The number of carbonyl (C=O) groups excluding carboxylic acids is 3. The minimum absolute atomic E-state index is 0.182. The van der Waals surface area contributed by atoms with Crippen molar-refractivity contribution in [2.24, 2.45) is 0 Å². The Morgan fingerprint density at radius 3 is 2.76 bits per heavy atom. The molecule has 12 heteroatoms. The Labute approximate surface area is 192 Å². The Hall–Kier alpha value is -3.67. The molecule has 1 aromatic heterocycles. The lowest BCUT2D eigenvalue weighted by Gasteiger charge is -2.49. The van der Waals surface area contributed by atoms with Crippen molar-refractivity contribution >= 4 is 35.5 Å². The molecule has 3 heterocycles. The van der Waals surface area contributed by atoms with Crippen LogP contribution in [0.5, 0.6) is 0 Å². The lowest BCUT2D eigenvalue weighted by atomic mass is 10.0. The quantitative estimate of drug-likeness (QED) is 0.410. The maximum Gasteiger partial charge on any atom is 0.352 e. The first-order valence-corrected chi connectivity index (χ1v) is 11.1. The van der Waals surface area contributed by atoms with Gasteiger partial charge in [-0.2, -0.15) is 4.98 Å². The number of benzene rings is 1. The minimum atomic E-state index is -1.29. The number of aromatic nitrogens is 2. The van der Waals surface area contributed by atoms with Crippen LogP contribution in [-0.2, 0) is 36.8 Å². The molecule has 0 saturated carbocycles. The Kier molecular flexibility index (Phi) is 6.45. The third-order valence-electron chi connectivity index (χ3n) is 5.04. The number of amides is 2. The predicted molar refractivity (Wildman–Crippen MR) is 114 cm³/mol. The lowest BCUT2D eigenvalue weighted by molar-refractivity contribution is -0.151. The highest BCUT2D eigenvalue weighted by Gasteiger charge is 2.54. The second-order valence-electron chi connectivity index (χ2n) is 7.44. The fraction of sp³-hybridized carbons (Fsp3) is 0.333. The van der Waals surface area contributed by atoms with Crippen molar-refractivity contribution in [1.29, 1.82) is 0 Å². The fourth-order valence-corrected chi connectivity index (χ4v) is 4.88. The summed E-state index contributed by atoms with van der Waals surface area (Å²) in [6, 6.07) is 8.66. The molecule has 2 amide bonds. The molecule has 4 rings (SSSR count). The molecule has 1 aromatic carbocycles. The van der Waals surface area contributed by atoms with E-state index in [2.05, 4.69) is 15.5 Å². The molecule has 172 valence electrons. The molecule has 33 heavy (non-hydrogen) atoms. The van der Waals surface area contributed by atoms with E-state index in [1.54, 1.807) is 0 Å². The summed E-state index contributed by atoms with van der Waals surface area (Å²) in [5, 5.41) is 15.4. The molecule has 1 fully saturated rings. The molecule has 2 aliphatic rings. The first-order valence-electron chi connectivity index (χ1n) is 10.0. The Morgan fingerprint density at radius 1 is 1.30 bits per heavy atom. The third kappa shape index (κ3) is 4.90. The predicted octanol–water partition coefficient (Wildman–Crippen LogP) is 0.505. The monoisotopic (exact) mass is 472 g/mol. The fourth-order valence-electron chi connectivity index (χ4n) is 3.56. The van der Waals surface area contributed by atoms with Gasteiger partial charge in [0.1, 0.15) is 23.7 Å². The number of hydrogen-bond donors (Lipinski definition) is 2. The van der Waals surface area contributed by atoms with E-state index in [-0.39, 0.29) is 30.3 Å². The van der Waals surface area contributed by atoms with Gasteiger partial charge in [-0.15, -0.1) is 11.8 Å². The first-order chi connectivity index (χ1) is 15.8. The summed E-state index contributed by atoms with van der Waals surface area (Å²) >= 11 is 1.29. The molecule has 0 radical (unpaired) electrons. The molecule has 2 N–H and O–H groups in total. The first kappa shape index (κ1) is 22.5. The van der Waals surface area contributed by atoms with Gasteiger partial charge in [-0.25, -0.2) is 4.79 Å². The number of rotatable bonds is 8. The molecule has 1 saturated heterocycles. The molecular formula is C21H20N4O7S. The van der Waals surface area contributed by atoms with Gasteiger partial charge >= 0.3 is 11.9 Å². The van der Waals surface area contributed by atoms with Crippen molar-refractivity contribution in [2.75, 3.05) is 12.4 Å².